The van der Waals surface area contributed by atoms with Gasteiger partial charge in [-0.3, -0.25) is 9.69 Å². The molecular weight excluding hydrogens is 310 g/mol. The van der Waals surface area contributed by atoms with Crippen LogP contribution in [0.4, 0.5) is 0 Å². The van der Waals surface area contributed by atoms with E-state index in [4.69, 9.17) is 4.74 Å². The summed E-state index contributed by atoms with van der Waals surface area (Å²) in [6.45, 7) is 2.80. The van der Waals surface area contributed by atoms with Gasteiger partial charge in [-0.25, -0.2) is 0 Å². The van der Waals surface area contributed by atoms with Crippen LogP contribution >= 0.6 is 0 Å². The summed E-state index contributed by atoms with van der Waals surface area (Å²) in [5.41, 5.74) is 3.64. The van der Waals surface area contributed by atoms with Crippen LogP contribution in [0.5, 0.6) is 5.75 Å². The fourth-order valence-electron chi connectivity index (χ4n) is 3.16. The lowest BCUT2D eigenvalue weighted by molar-refractivity contribution is 0.0966. The van der Waals surface area contributed by atoms with Crippen molar-refractivity contribution in [1.29, 1.82) is 0 Å². The second-order valence-corrected chi connectivity index (χ2v) is 6.48. The molecule has 0 atom stereocenters. The van der Waals surface area contributed by atoms with Crippen LogP contribution in [-0.2, 0) is 6.42 Å². The van der Waals surface area contributed by atoms with Gasteiger partial charge in [0.25, 0.3) is 0 Å². The molecule has 25 heavy (non-hydrogen) atoms. The average Bonchev–Trinajstić information content (AvgIpc) is 2.68. The molecule has 130 valence electrons. The smallest absolute Gasteiger partial charge is 0.164 e. The second-order valence-electron chi connectivity index (χ2n) is 6.48. The summed E-state index contributed by atoms with van der Waals surface area (Å²) in [5, 5.41) is 0. The molecule has 1 heterocycles. The number of Topliss-reactive ketones (excluding diaryl/α,β-unsaturated/α-hetero) is 1. The lowest BCUT2D eigenvalue weighted by Gasteiger charge is -2.26. The monoisotopic (exact) mass is 335 g/mol. The van der Waals surface area contributed by atoms with Crippen LogP contribution in [0, 0.1) is 0 Å². The van der Waals surface area contributed by atoms with Crippen LogP contribution in [0.1, 0.15) is 28.8 Å². The molecule has 0 unspecified atom stereocenters. The Bertz CT molecular complexity index is 719. The van der Waals surface area contributed by atoms with Crippen LogP contribution in [-0.4, -0.2) is 37.4 Å². The third-order valence-corrected chi connectivity index (χ3v) is 4.73. The summed E-state index contributed by atoms with van der Waals surface area (Å²) >= 11 is 0. The number of ketones is 1. The Hall–Kier alpha value is -2.39. The molecule has 2 aromatic rings. The lowest BCUT2D eigenvalue weighted by Crippen LogP contribution is -2.31. The molecule has 2 aromatic carbocycles. The maximum absolute atomic E-state index is 12.3. The number of carbonyl (C=O) groups is 1. The zero-order valence-corrected chi connectivity index (χ0v) is 14.8. The van der Waals surface area contributed by atoms with Crippen molar-refractivity contribution in [2.45, 2.75) is 19.3 Å². The van der Waals surface area contributed by atoms with E-state index in [1.165, 1.54) is 11.1 Å². The van der Waals surface area contributed by atoms with Gasteiger partial charge in [-0.05, 0) is 42.7 Å². The molecule has 0 aliphatic carbocycles. The van der Waals surface area contributed by atoms with Crippen LogP contribution < -0.4 is 4.74 Å². The highest BCUT2D eigenvalue weighted by atomic mass is 16.5. The summed E-state index contributed by atoms with van der Waals surface area (Å²) in [7, 11) is 1.63. The van der Waals surface area contributed by atoms with Crippen molar-refractivity contribution in [3.05, 3.63) is 77.4 Å². The predicted octanol–water partition coefficient (Wildman–Crippen LogP) is 4.14. The lowest BCUT2D eigenvalue weighted by atomic mass is 9.99. The zero-order chi connectivity index (χ0) is 17.5. The Labute approximate surface area is 149 Å². The SMILES string of the molecule is COc1ccc(C(=O)CCN2CC=C(Cc3ccccc3)CC2)cc1. The number of hydrogen-bond acceptors (Lipinski definition) is 3. The molecule has 0 saturated heterocycles. The molecule has 1 aliphatic rings. The molecule has 0 radical (unpaired) electrons. The molecule has 0 spiro atoms. The van der Waals surface area contributed by atoms with Crippen molar-refractivity contribution >= 4 is 5.78 Å². The minimum Gasteiger partial charge on any atom is -0.497 e. The Morgan fingerprint density at radius 2 is 1.84 bits per heavy atom. The highest BCUT2D eigenvalue weighted by molar-refractivity contribution is 5.96. The van der Waals surface area contributed by atoms with E-state index in [0.29, 0.717) is 6.42 Å². The van der Waals surface area contributed by atoms with E-state index in [2.05, 4.69) is 41.3 Å². The van der Waals surface area contributed by atoms with Crippen LogP contribution in [0.2, 0.25) is 0 Å². The van der Waals surface area contributed by atoms with Crippen molar-refractivity contribution in [3.63, 3.8) is 0 Å². The number of ether oxygens (including phenoxy) is 1. The molecular formula is C22H25NO2. The Kier molecular flexibility index (Phi) is 6.02. The van der Waals surface area contributed by atoms with E-state index < -0.39 is 0 Å². The van der Waals surface area contributed by atoms with E-state index in [-0.39, 0.29) is 5.78 Å². The topological polar surface area (TPSA) is 29.5 Å². The summed E-state index contributed by atoms with van der Waals surface area (Å²) in [6, 6.07) is 18.0. The largest absolute Gasteiger partial charge is 0.497 e. The Morgan fingerprint density at radius 3 is 2.48 bits per heavy atom. The molecule has 0 amide bonds. The van der Waals surface area contributed by atoms with Gasteiger partial charge in [0.1, 0.15) is 5.75 Å². The summed E-state index contributed by atoms with van der Waals surface area (Å²) in [4.78, 5) is 14.7. The number of benzene rings is 2. The maximum Gasteiger partial charge on any atom is 0.164 e. The van der Waals surface area contributed by atoms with Gasteiger partial charge in [-0.2, -0.15) is 0 Å². The summed E-state index contributed by atoms with van der Waals surface area (Å²) in [6.07, 6.45) is 5.02. The molecule has 0 saturated carbocycles. The fourth-order valence-corrected chi connectivity index (χ4v) is 3.16. The van der Waals surface area contributed by atoms with E-state index in [1.54, 1.807) is 7.11 Å². The van der Waals surface area contributed by atoms with Gasteiger partial charge in [0.2, 0.25) is 0 Å². The quantitative estimate of drug-likeness (QED) is 0.562. The van der Waals surface area contributed by atoms with Crippen molar-refractivity contribution < 1.29 is 9.53 Å². The number of methoxy groups -OCH3 is 1. The van der Waals surface area contributed by atoms with E-state index >= 15 is 0 Å². The fraction of sp³-hybridized carbons (Fsp3) is 0.318. The normalized spacial score (nSPS) is 14.8. The van der Waals surface area contributed by atoms with Crippen molar-refractivity contribution in [3.8, 4) is 5.75 Å². The first-order chi connectivity index (χ1) is 12.2. The third kappa shape index (κ3) is 5.04. The number of hydrogen-bond donors (Lipinski definition) is 0. The molecule has 0 aromatic heterocycles. The summed E-state index contributed by atoms with van der Waals surface area (Å²) in [5.74, 6) is 0.977. The van der Waals surface area contributed by atoms with E-state index in [0.717, 1.165) is 43.8 Å². The molecule has 3 rings (SSSR count). The Balaban J connectivity index is 1.46. The Morgan fingerprint density at radius 1 is 1.08 bits per heavy atom. The minimum atomic E-state index is 0.196. The van der Waals surface area contributed by atoms with Gasteiger partial charge >= 0.3 is 0 Å². The third-order valence-electron chi connectivity index (χ3n) is 4.73. The van der Waals surface area contributed by atoms with E-state index in [9.17, 15) is 4.79 Å². The van der Waals surface area contributed by atoms with Gasteiger partial charge in [0, 0.05) is 31.6 Å². The predicted molar refractivity (Wildman–Crippen MR) is 101 cm³/mol. The summed E-state index contributed by atoms with van der Waals surface area (Å²) < 4.78 is 5.13. The highest BCUT2D eigenvalue weighted by Gasteiger charge is 2.14. The minimum absolute atomic E-state index is 0.196. The molecule has 1 aliphatic heterocycles. The first kappa shape index (κ1) is 17.4. The highest BCUT2D eigenvalue weighted by Crippen LogP contribution is 2.17. The standard InChI is InChI=1S/C22H25NO2/c1-25-21-9-7-20(8-10-21)22(24)13-16-23-14-11-19(12-15-23)17-18-5-3-2-4-6-18/h2-11H,12-17H2,1H3. The number of carbonyl (C=O) groups excluding carboxylic acids is 1. The molecule has 0 fully saturated rings. The molecule has 0 bridgehead atoms. The van der Waals surface area contributed by atoms with Gasteiger partial charge in [0.15, 0.2) is 5.78 Å². The van der Waals surface area contributed by atoms with Gasteiger partial charge in [-0.1, -0.05) is 42.0 Å². The van der Waals surface area contributed by atoms with Crippen LogP contribution in [0.25, 0.3) is 0 Å². The van der Waals surface area contributed by atoms with E-state index in [1.807, 2.05) is 24.3 Å². The van der Waals surface area contributed by atoms with Crippen molar-refractivity contribution in [1.82, 2.24) is 4.90 Å². The molecule has 0 N–H and O–H groups in total. The van der Waals surface area contributed by atoms with Crippen LogP contribution in [0.3, 0.4) is 0 Å². The van der Waals surface area contributed by atoms with Gasteiger partial charge in [0.05, 0.1) is 7.11 Å². The van der Waals surface area contributed by atoms with Crippen molar-refractivity contribution in [2.24, 2.45) is 0 Å². The number of rotatable bonds is 7. The molecule has 3 heteroatoms. The van der Waals surface area contributed by atoms with Gasteiger partial charge in [-0.15, -0.1) is 0 Å². The van der Waals surface area contributed by atoms with Gasteiger partial charge < -0.3 is 4.74 Å². The first-order valence-electron chi connectivity index (χ1n) is 8.86. The average molecular weight is 335 g/mol. The molecule has 3 nitrogen and oxygen atoms in total. The maximum atomic E-state index is 12.3. The number of nitrogens with zero attached hydrogens (tertiary/aromatic N) is 1. The zero-order valence-electron chi connectivity index (χ0n) is 14.8. The first-order valence-corrected chi connectivity index (χ1v) is 8.86. The van der Waals surface area contributed by atoms with Crippen LogP contribution in [0.15, 0.2) is 66.2 Å². The second kappa shape index (κ2) is 8.63. The van der Waals surface area contributed by atoms with Crippen molar-refractivity contribution in [2.75, 3.05) is 26.7 Å².